The van der Waals surface area contributed by atoms with Crippen molar-refractivity contribution in [1.82, 2.24) is 0 Å². The summed E-state index contributed by atoms with van der Waals surface area (Å²) in [7, 11) is -4.38. The standard InChI is InChI=1S/C23H39Cl3O2Si2/c1-12-14-17-15-13-16-18(19(17)27-29(8,9)21(2,3)4)20(23(24,25)26)28-30(10,11)22(5,6)7/h12-13,15-16,20H,1,14H2,2-11H3. The second-order valence-electron chi connectivity index (χ2n) is 11.0. The van der Waals surface area contributed by atoms with Crippen molar-refractivity contribution in [2.24, 2.45) is 0 Å². The van der Waals surface area contributed by atoms with Gasteiger partial charge in [0.25, 0.3) is 8.32 Å². The zero-order chi connectivity index (χ0) is 23.8. The maximum absolute atomic E-state index is 6.81. The number of rotatable bonds is 7. The first-order valence-electron chi connectivity index (χ1n) is 10.4. The van der Waals surface area contributed by atoms with E-state index < -0.39 is 26.5 Å². The van der Waals surface area contributed by atoms with Gasteiger partial charge in [-0.05, 0) is 48.2 Å². The molecule has 1 unspecified atom stereocenters. The molecule has 0 aromatic heterocycles. The summed E-state index contributed by atoms with van der Waals surface area (Å²) >= 11 is 19.5. The molecule has 1 aromatic carbocycles. The predicted octanol–water partition coefficient (Wildman–Crippen LogP) is 9.23. The Labute approximate surface area is 201 Å². The molecule has 0 N–H and O–H groups in total. The largest absolute Gasteiger partial charge is 0.543 e. The zero-order valence-electron chi connectivity index (χ0n) is 20.3. The monoisotopic (exact) mass is 508 g/mol. The third-order valence-electron chi connectivity index (χ3n) is 6.45. The molecular weight excluding hydrogens is 471 g/mol. The highest BCUT2D eigenvalue weighted by atomic mass is 35.6. The summed E-state index contributed by atoms with van der Waals surface area (Å²) in [5.74, 6) is 0.777. The van der Waals surface area contributed by atoms with Gasteiger partial charge in [-0.25, -0.2) is 0 Å². The maximum atomic E-state index is 6.81. The van der Waals surface area contributed by atoms with Gasteiger partial charge in [-0.1, -0.05) is 101 Å². The van der Waals surface area contributed by atoms with Crippen molar-refractivity contribution in [3.8, 4) is 5.75 Å². The Kier molecular flexibility index (Phi) is 8.87. The molecule has 0 heterocycles. The van der Waals surface area contributed by atoms with Crippen LogP contribution in [0.2, 0.25) is 36.3 Å². The van der Waals surface area contributed by atoms with Crippen LogP contribution in [0.4, 0.5) is 0 Å². The second kappa shape index (κ2) is 9.48. The van der Waals surface area contributed by atoms with E-state index in [-0.39, 0.29) is 10.1 Å². The minimum atomic E-state index is -2.23. The third-order valence-corrected chi connectivity index (χ3v) is 15.8. The minimum Gasteiger partial charge on any atom is -0.543 e. The van der Waals surface area contributed by atoms with Crippen molar-refractivity contribution in [1.29, 1.82) is 0 Å². The molecular formula is C23H39Cl3O2Si2. The number of halogens is 3. The highest BCUT2D eigenvalue weighted by Gasteiger charge is 2.47. The molecule has 0 spiro atoms. The summed E-state index contributed by atoms with van der Waals surface area (Å²) in [6, 6.07) is 6.00. The van der Waals surface area contributed by atoms with Crippen molar-refractivity contribution in [2.75, 3.05) is 0 Å². The zero-order valence-corrected chi connectivity index (χ0v) is 24.5. The van der Waals surface area contributed by atoms with Gasteiger partial charge in [-0.15, -0.1) is 6.58 Å². The molecule has 1 atom stereocenters. The van der Waals surface area contributed by atoms with E-state index in [0.717, 1.165) is 16.9 Å². The molecule has 172 valence electrons. The van der Waals surface area contributed by atoms with E-state index in [9.17, 15) is 0 Å². The van der Waals surface area contributed by atoms with Crippen LogP contribution < -0.4 is 4.43 Å². The molecule has 0 aliphatic rings. The van der Waals surface area contributed by atoms with Gasteiger partial charge in [-0.3, -0.25) is 0 Å². The quantitative estimate of drug-likeness (QED) is 0.207. The molecule has 0 radical (unpaired) electrons. The Hall–Kier alpha value is 0.0238. The van der Waals surface area contributed by atoms with E-state index >= 15 is 0 Å². The lowest BCUT2D eigenvalue weighted by atomic mass is 10.0. The summed E-state index contributed by atoms with van der Waals surface area (Å²) in [4.78, 5) is 0. The van der Waals surface area contributed by atoms with Gasteiger partial charge in [0.2, 0.25) is 3.79 Å². The van der Waals surface area contributed by atoms with Gasteiger partial charge < -0.3 is 8.85 Å². The normalized spacial score (nSPS) is 15.1. The van der Waals surface area contributed by atoms with Crippen LogP contribution in [0.3, 0.4) is 0 Å². The molecule has 30 heavy (non-hydrogen) atoms. The van der Waals surface area contributed by atoms with Gasteiger partial charge in [0, 0.05) is 5.56 Å². The fourth-order valence-electron chi connectivity index (χ4n) is 2.44. The van der Waals surface area contributed by atoms with Crippen LogP contribution in [0.25, 0.3) is 0 Å². The Morgan fingerprint density at radius 2 is 1.43 bits per heavy atom. The molecule has 0 bridgehead atoms. The highest BCUT2D eigenvalue weighted by molar-refractivity contribution is 6.75. The number of para-hydroxylation sites is 1. The smallest absolute Gasteiger partial charge is 0.250 e. The van der Waals surface area contributed by atoms with Crippen molar-refractivity contribution < 1.29 is 8.85 Å². The summed E-state index contributed by atoms with van der Waals surface area (Å²) in [5, 5.41) is 0.00166. The molecule has 1 aromatic rings. The Balaban J connectivity index is 3.69. The van der Waals surface area contributed by atoms with Gasteiger partial charge in [0.1, 0.15) is 11.9 Å². The SMILES string of the molecule is C=CCc1cccc(C(O[Si](C)(C)C(C)(C)C)C(Cl)(Cl)Cl)c1O[Si](C)(C)C(C)(C)C. The lowest BCUT2D eigenvalue weighted by Gasteiger charge is -2.43. The highest BCUT2D eigenvalue weighted by Crippen LogP contribution is 2.51. The van der Waals surface area contributed by atoms with Gasteiger partial charge in [0.15, 0.2) is 8.32 Å². The van der Waals surface area contributed by atoms with Crippen LogP contribution in [0.5, 0.6) is 5.75 Å². The van der Waals surface area contributed by atoms with E-state index in [2.05, 4.69) is 80.4 Å². The number of alkyl halides is 3. The maximum Gasteiger partial charge on any atom is 0.250 e. The van der Waals surface area contributed by atoms with Crippen molar-refractivity contribution in [3.63, 3.8) is 0 Å². The first-order valence-corrected chi connectivity index (χ1v) is 17.4. The van der Waals surface area contributed by atoms with Crippen LogP contribution in [0, 0.1) is 0 Å². The molecule has 0 saturated heterocycles. The van der Waals surface area contributed by atoms with Crippen molar-refractivity contribution in [2.45, 2.75) is 94.1 Å². The number of hydrogen-bond acceptors (Lipinski definition) is 2. The van der Waals surface area contributed by atoms with Gasteiger partial charge >= 0.3 is 0 Å². The van der Waals surface area contributed by atoms with E-state index in [1.54, 1.807) is 0 Å². The Morgan fingerprint density at radius 3 is 1.83 bits per heavy atom. The summed E-state index contributed by atoms with van der Waals surface area (Å²) in [5.41, 5.74) is 1.83. The average Bonchev–Trinajstić information content (AvgIpc) is 2.51. The molecule has 0 saturated carbocycles. The summed E-state index contributed by atoms with van der Waals surface area (Å²) in [6.07, 6.45) is 1.81. The average molecular weight is 510 g/mol. The lowest BCUT2D eigenvalue weighted by Crippen LogP contribution is -2.46. The Morgan fingerprint density at radius 1 is 0.933 bits per heavy atom. The molecule has 0 aliphatic carbocycles. The number of benzene rings is 1. The predicted molar refractivity (Wildman–Crippen MR) is 139 cm³/mol. The fraction of sp³-hybridized carbons (Fsp3) is 0.652. The molecule has 2 nitrogen and oxygen atoms in total. The first kappa shape index (κ1) is 28.1. The van der Waals surface area contributed by atoms with E-state index in [0.29, 0.717) is 6.42 Å². The number of hydrogen-bond donors (Lipinski definition) is 0. The van der Waals surface area contributed by atoms with Crippen LogP contribution in [0.1, 0.15) is 58.8 Å². The lowest BCUT2D eigenvalue weighted by molar-refractivity contribution is 0.184. The van der Waals surface area contributed by atoms with Gasteiger partial charge in [-0.2, -0.15) is 0 Å². The topological polar surface area (TPSA) is 18.5 Å². The van der Waals surface area contributed by atoms with Crippen LogP contribution >= 0.6 is 34.8 Å². The molecule has 0 fully saturated rings. The Bertz CT molecular complexity index is 742. The third kappa shape index (κ3) is 6.76. The van der Waals surface area contributed by atoms with Crippen molar-refractivity contribution in [3.05, 3.63) is 42.0 Å². The molecule has 7 heteroatoms. The summed E-state index contributed by atoms with van der Waals surface area (Å²) < 4.78 is 11.9. The van der Waals surface area contributed by atoms with Crippen LogP contribution in [-0.2, 0) is 10.8 Å². The van der Waals surface area contributed by atoms with Crippen LogP contribution in [0.15, 0.2) is 30.9 Å². The minimum absolute atomic E-state index is 0.0274. The molecule has 0 amide bonds. The van der Waals surface area contributed by atoms with Crippen molar-refractivity contribution >= 4 is 51.4 Å². The van der Waals surface area contributed by atoms with Gasteiger partial charge in [0.05, 0.1) is 0 Å². The van der Waals surface area contributed by atoms with E-state index in [1.807, 2.05) is 18.2 Å². The molecule has 1 rings (SSSR count). The van der Waals surface area contributed by atoms with E-state index in [4.69, 9.17) is 43.7 Å². The fourth-order valence-corrected chi connectivity index (χ4v) is 5.46. The summed E-state index contributed by atoms with van der Waals surface area (Å²) in [6.45, 7) is 25.9. The first-order chi connectivity index (χ1) is 13.2. The number of allylic oxidation sites excluding steroid dienone is 1. The van der Waals surface area contributed by atoms with E-state index in [1.165, 1.54) is 0 Å². The van der Waals surface area contributed by atoms with Crippen LogP contribution in [-0.4, -0.2) is 20.4 Å². The molecule has 0 aliphatic heterocycles. The second-order valence-corrected chi connectivity index (χ2v) is 22.8.